The Bertz CT molecular complexity index is 893. The van der Waals surface area contributed by atoms with Crippen molar-refractivity contribution in [2.45, 2.75) is 57.0 Å². The average Bonchev–Trinajstić information content (AvgIpc) is 2.71. The summed E-state index contributed by atoms with van der Waals surface area (Å²) in [5.74, 6) is 0.491. The summed E-state index contributed by atoms with van der Waals surface area (Å²) in [7, 11) is 0. The normalized spacial score (nSPS) is 23.5. The van der Waals surface area contributed by atoms with E-state index >= 15 is 0 Å². The molecule has 1 atom stereocenters. The molecule has 0 N–H and O–H groups in total. The molecule has 1 saturated carbocycles. The topological polar surface area (TPSA) is 12.5 Å². The zero-order valence-electron chi connectivity index (χ0n) is 18.6. The van der Waals surface area contributed by atoms with Crippen LogP contribution >= 0.6 is 11.6 Å². The summed E-state index contributed by atoms with van der Waals surface area (Å²) in [6.45, 7) is 6.04. The summed E-state index contributed by atoms with van der Waals surface area (Å²) in [5.41, 5.74) is 1.13. The van der Waals surface area contributed by atoms with E-state index in [1.807, 2.05) is 12.1 Å². The Morgan fingerprint density at radius 1 is 0.969 bits per heavy atom. The molecule has 2 aromatic rings. The first-order chi connectivity index (χ1) is 15.2. The first-order valence-corrected chi connectivity index (χ1v) is 11.8. The van der Waals surface area contributed by atoms with Crippen LogP contribution < -0.4 is 4.74 Å². The van der Waals surface area contributed by atoms with Crippen molar-refractivity contribution >= 4 is 11.6 Å². The lowest BCUT2D eigenvalue weighted by Gasteiger charge is -2.49. The second-order valence-corrected chi connectivity index (χ2v) is 10.3. The van der Waals surface area contributed by atoms with Crippen molar-refractivity contribution in [1.82, 2.24) is 4.90 Å². The van der Waals surface area contributed by atoms with Crippen molar-refractivity contribution in [3.05, 3.63) is 64.7 Å². The van der Waals surface area contributed by atoms with Gasteiger partial charge in [0.2, 0.25) is 0 Å². The molecule has 1 aliphatic carbocycles. The van der Waals surface area contributed by atoms with Gasteiger partial charge in [-0.05, 0) is 86.0 Å². The Morgan fingerprint density at radius 3 is 2.25 bits per heavy atom. The van der Waals surface area contributed by atoms with E-state index in [0.717, 1.165) is 56.1 Å². The maximum absolute atomic E-state index is 12.7. The van der Waals surface area contributed by atoms with Crippen LogP contribution in [0, 0.1) is 5.41 Å². The van der Waals surface area contributed by atoms with Crippen molar-refractivity contribution in [1.29, 1.82) is 0 Å². The first-order valence-electron chi connectivity index (χ1n) is 11.5. The van der Waals surface area contributed by atoms with Crippen LogP contribution in [-0.4, -0.2) is 31.1 Å². The van der Waals surface area contributed by atoms with Gasteiger partial charge in [0.1, 0.15) is 5.75 Å². The van der Waals surface area contributed by atoms with Gasteiger partial charge in [0.25, 0.3) is 0 Å². The molecule has 0 radical (unpaired) electrons. The van der Waals surface area contributed by atoms with Crippen molar-refractivity contribution in [3.8, 4) is 5.75 Å². The molecule has 1 heterocycles. The van der Waals surface area contributed by atoms with Gasteiger partial charge in [0.05, 0.1) is 12.2 Å². The third-order valence-corrected chi connectivity index (χ3v) is 7.56. The minimum Gasteiger partial charge on any atom is -0.494 e. The number of rotatable bonds is 7. The number of piperidine rings is 1. The van der Waals surface area contributed by atoms with Crippen LogP contribution in [0.2, 0.25) is 5.02 Å². The second kappa shape index (κ2) is 9.26. The minimum absolute atomic E-state index is 0.148. The smallest absolute Gasteiger partial charge is 0.416 e. The molecule has 0 aromatic heterocycles. The highest BCUT2D eigenvalue weighted by Crippen LogP contribution is 2.46. The summed E-state index contributed by atoms with van der Waals surface area (Å²) in [4.78, 5) is 2.61. The predicted octanol–water partition coefficient (Wildman–Crippen LogP) is 7.35. The monoisotopic (exact) mass is 465 g/mol. The van der Waals surface area contributed by atoms with E-state index in [1.54, 1.807) is 0 Å². The molecule has 1 aliphatic heterocycles. The van der Waals surface area contributed by atoms with E-state index in [0.29, 0.717) is 12.4 Å². The molecule has 0 spiro atoms. The average molecular weight is 466 g/mol. The second-order valence-electron chi connectivity index (χ2n) is 9.89. The Labute approximate surface area is 193 Å². The first kappa shape index (κ1) is 23.4. The highest BCUT2D eigenvalue weighted by atomic mass is 35.5. The van der Waals surface area contributed by atoms with Gasteiger partial charge in [0, 0.05) is 23.5 Å². The summed E-state index contributed by atoms with van der Waals surface area (Å²) in [6, 6.07) is 13.3. The van der Waals surface area contributed by atoms with Gasteiger partial charge in [-0.15, -0.1) is 0 Å². The highest BCUT2D eigenvalue weighted by molar-refractivity contribution is 6.30. The molecule has 6 heteroatoms. The van der Waals surface area contributed by atoms with Crippen LogP contribution in [0.25, 0.3) is 0 Å². The van der Waals surface area contributed by atoms with Crippen LogP contribution in [0.4, 0.5) is 13.2 Å². The summed E-state index contributed by atoms with van der Waals surface area (Å²) in [5, 5.41) is 0.779. The number of alkyl halides is 3. The zero-order valence-corrected chi connectivity index (χ0v) is 19.3. The van der Waals surface area contributed by atoms with Crippen LogP contribution in [-0.2, 0) is 11.6 Å². The van der Waals surface area contributed by atoms with E-state index < -0.39 is 11.7 Å². The number of nitrogens with zero attached hydrogens (tertiary/aromatic N) is 1. The SMILES string of the molecule is C[C@@]1(CCOc2ccc(C(F)(F)F)cc2)CCCN(CC2(c3ccc(Cl)cc3)CCC2)C1. The molecule has 0 amide bonds. The van der Waals surface area contributed by atoms with Crippen LogP contribution in [0.5, 0.6) is 5.75 Å². The Hall–Kier alpha value is -1.72. The lowest BCUT2D eigenvalue weighted by atomic mass is 9.63. The Morgan fingerprint density at radius 2 is 1.66 bits per heavy atom. The van der Waals surface area contributed by atoms with Crippen molar-refractivity contribution in [2.24, 2.45) is 5.41 Å². The molecule has 2 nitrogen and oxygen atoms in total. The van der Waals surface area contributed by atoms with Gasteiger partial charge < -0.3 is 9.64 Å². The summed E-state index contributed by atoms with van der Waals surface area (Å²) in [6.07, 6.45) is 2.59. The number of ether oxygens (including phenoxy) is 1. The maximum atomic E-state index is 12.7. The van der Waals surface area contributed by atoms with Crippen LogP contribution in [0.1, 0.15) is 56.6 Å². The van der Waals surface area contributed by atoms with Crippen LogP contribution in [0.3, 0.4) is 0 Å². The lowest BCUT2D eigenvalue weighted by Crippen LogP contribution is -2.51. The van der Waals surface area contributed by atoms with Gasteiger partial charge in [-0.2, -0.15) is 13.2 Å². The molecule has 32 heavy (non-hydrogen) atoms. The standard InChI is InChI=1S/C26H31ClF3NO/c1-24(15-17-32-23-10-6-21(7-11-23)26(28,29)30)12-3-16-31(18-24)19-25(13-2-14-25)20-4-8-22(27)9-5-20/h4-11H,2-3,12-19H2,1H3/t24-/m0/s1. The van der Waals surface area contributed by atoms with Crippen molar-refractivity contribution in [2.75, 3.05) is 26.2 Å². The van der Waals surface area contributed by atoms with Gasteiger partial charge in [-0.3, -0.25) is 0 Å². The minimum atomic E-state index is -4.32. The van der Waals surface area contributed by atoms with E-state index in [4.69, 9.17) is 16.3 Å². The lowest BCUT2D eigenvalue weighted by molar-refractivity contribution is -0.137. The molecular formula is C26H31ClF3NO. The molecule has 0 bridgehead atoms. The number of hydrogen-bond donors (Lipinski definition) is 0. The van der Waals surface area contributed by atoms with Crippen molar-refractivity contribution in [3.63, 3.8) is 0 Å². The molecule has 174 valence electrons. The largest absolute Gasteiger partial charge is 0.494 e. The van der Waals surface area contributed by atoms with E-state index in [2.05, 4.69) is 24.0 Å². The zero-order chi connectivity index (χ0) is 22.8. The van der Waals surface area contributed by atoms with Gasteiger partial charge >= 0.3 is 6.18 Å². The van der Waals surface area contributed by atoms with Gasteiger partial charge in [0.15, 0.2) is 0 Å². The molecule has 2 aromatic carbocycles. The van der Waals surface area contributed by atoms with Crippen molar-refractivity contribution < 1.29 is 17.9 Å². The molecule has 2 aliphatic rings. The molecule has 1 saturated heterocycles. The van der Waals surface area contributed by atoms with E-state index in [9.17, 15) is 13.2 Å². The summed E-state index contributed by atoms with van der Waals surface area (Å²) < 4.78 is 44.0. The van der Waals surface area contributed by atoms with Gasteiger partial charge in [-0.25, -0.2) is 0 Å². The molecule has 4 rings (SSSR count). The number of likely N-dealkylation sites (tertiary alicyclic amines) is 1. The molecule has 2 fully saturated rings. The Kier molecular flexibility index (Phi) is 6.78. The maximum Gasteiger partial charge on any atom is 0.416 e. The number of benzene rings is 2. The van der Waals surface area contributed by atoms with E-state index in [1.165, 1.54) is 37.0 Å². The summed E-state index contributed by atoms with van der Waals surface area (Å²) >= 11 is 6.10. The van der Waals surface area contributed by atoms with E-state index in [-0.39, 0.29) is 10.8 Å². The fourth-order valence-corrected chi connectivity index (χ4v) is 5.42. The predicted molar refractivity (Wildman–Crippen MR) is 122 cm³/mol. The number of hydrogen-bond acceptors (Lipinski definition) is 2. The fraction of sp³-hybridized carbons (Fsp3) is 0.538. The highest BCUT2D eigenvalue weighted by Gasteiger charge is 2.42. The molecular weight excluding hydrogens is 435 g/mol. The molecule has 0 unspecified atom stereocenters. The Balaban J connectivity index is 1.32. The quantitative estimate of drug-likeness (QED) is 0.423. The third kappa shape index (κ3) is 5.43. The van der Waals surface area contributed by atoms with Gasteiger partial charge in [-0.1, -0.05) is 37.1 Å². The fourth-order valence-electron chi connectivity index (χ4n) is 5.29. The third-order valence-electron chi connectivity index (χ3n) is 7.31. The number of halogens is 4. The van der Waals surface area contributed by atoms with Crippen LogP contribution in [0.15, 0.2) is 48.5 Å².